The van der Waals surface area contributed by atoms with Crippen LogP contribution in [0.3, 0.4) is 0 Å². The van der Waals surface area contributed by atoms with E-state index in [1.165, 1.54) is 16.8 Å². The fourth-order valence-electron chi connectivity index (χ4n) is 3.82. The van der Waals surface area contributed by atoms with Gasteiger partial charge < -0.3 is 0 Å². The van der Waals surface area contributed by atoms with Crippen molar-refractivity contribution in [3.63, 3.8) is 0 Å². The third kappa shape index (κ3) is 4.41. The maximum atomic E-state index is 14.4. The van der Waals surface area contributed by atoms with E-state index in [1.54, 1.807) is 0 Å². The Kier molecular flexibility index (Phi) is 5.69. The van der Waals surface area contributed by atoms with Crippen LogP contribution in [0, 0.1) is 25.5 Å². The molecule has 160 valence electrons. The summed E-state index contributed by atoms with van der Waals surface area (Å²) in [6.07, 6.45) is 3.84. The van der Waals surface area contributed by atoms with Gasteiger partial charge in [0.15, 0.2) is 5.82 Å². The minimum atomic E-state index is -0.648. The molecule has 0 aliphatic heterocycles. The predicted molar refractivity (Wildman–Crippen MR) is 117 cm³/mol. The highest BCUT2D eigenvalue weighted by molar-refractivity contribution is 5.67. The Labute approximate surface area is 180 Å². The van der Waals surface area contributed by atoms with Gasteiger partial charge >= 0.3 is 0 Å². The molecule has 2 aromatic carbocycles. The van der Waals surface area contributed by atoms with Gasteiger partial charge in [0.2, 0.25) is 0 Å². The van der Waals surface area contributed by atoms with Crippen molar-refractivity contribution in [2.45, 2.75) is 26.9 Å². The molecule has 0 atom stereocenters. The van der Waals surface area contributed by atoms with Gasteiger partial charge in [-0.25, -0.2) is 13.5 Å². The normalized spacial score (nSPS) is 11.5. The molecule has 0 amide bonds. The van der Waals surface area contributed by atoms with Gasteiger partial charge in [0.05, 0.1) is 11.4 Å². The summed E-state index contributed by atoms with van der Waals surface area (Å²) in [5.41, 5.74) is 6.19. The van der Waals surface area contributed by atoms with Gasteiger partial charge in [-0.3, -0.25) is 9.58 Å². The van der Waals surface area contributed by atoms with E-state index in [-0.39, 0.29) is 5.69 Å². The monoisotopic (exact) mass is 421 g/mol. The Bertz CT molecular complexity index is 1220. The van der Waals surface area contributed by atoms with Crippen LogP contribution in [-0.2, 0) is 20.1 Å². The van der Waals surface area contributed by atoms with E-state index < -0.39 is 11.6 Å². The second kappa shape index (κ2) is 8.43. The summed E-state index contributed by atoms with van der Waals surface area (Å²) in [5.74, 6) is -1.26. The van der Waals surface area contributed by atoms with Crippen LogP contribution in [0.2, 0.25) is 0 Å². The number of aromatic nitrogens is 4. The number of halogens is 2. The van der Waals surface area contributed by atoms with Crippen molar-refractivity contribution in [1.82, 2.24) is 24.5 Å². The third-order valence-electron chi connectivity index (χ3n) is 5.34. The van der Waals surface area contributed by atoms with Crippen molar-refractivity contribution in [1.29, 1.82) is 0 Å². The average molecular weight is 421 g/mol. The molecule has 0 radical (unpaired) electrons. The highest BCUT2D eigenvalue weighted by atomic mass is 19.1. The molecule has 7 heteroatoms. The Morgan fingerprint density at radius 2 is 1.68 bits per heavy atom. The number of benzene rings is 2. The van der Waals surface area contributed by atoms with Crippen LogP contribution in [0.25, 0.3) is 16.9 Å². The Hall–Kier alpha value is -3.32. The smallest absolute Gasteiger partial charge is 0.151 e. The van der Waals surface area contributed by atoms with Gasteiger partial charge in [0, 0.05) is 55.3 Å². The van der Waals surface area contributed by atoms with E-state index in [1.807, 2.05) is 69.3 Å². The van der Waals surface area contributed by atoms with E-state index in [0.717, 1.165) is 46.3 Å². The van der Waals surface area contributed by atoms with Crippen molar-refractivity contribution in [2.24, 2.45) is 7.05 Å². The Morgan fingerprint density at radius 3 is 2.35 bits per heavy atom. The summed E-state index contributed by atoms with van der Waals surface area (Å²) >= 11 is 0. The van der Waals surface area contributed by atoms with Gasteiger partial charge in [-0.1, -0.05) is 24.3 Å². The van der Waals surface area contributed by atoms with E-state index in [2.05, 4.69) is 10.00 Å². The van der Waals surface area contributed by atoms with Gasteiger partial charge in [0.25, 0.3) is 0 Å². The van der Waals surface area contributed by atoms with Crippen LogP contribution < -0.4 is 0 Å². The third-order valence-corrected chi connectivity index (χ3v) is 5.34. The van der Waals surface area contributed by atoms with Crippen LogP contribution in [0.1, 0.15) is 22.4 Å². The highest BCUT2D eigenvalue weighted by Gasteiger charge is 2.18. The summed E-state index contributed by atoms with van der Waals surface area (Å²) in [6, 6.07) is 11.5. The molecule has 5 nitrogen and oxygen atoms in total. The quantitative estimate of drug-likeness (QED) is 0.449. The first-order chi connectivity index (χ1) is 14.8. The molecule has 0 saturated carbocycles. The van der Waals surface area contributed by atoms with Crippen LogP contribution in [0.5, 0.6) is 0 Å². The van der Waals surface area contributed by atoms with Gasteiger partial charge in [0.1, 0.15) is 11.5 Å². The Balaban J connectivity index is 1.72. The zero-order chi connectivity index (χ0) is 22.1. The summed E-state index contributed by atoms with van der Waals surface area (Å²) in [5, 5.41) is 9.10. The second-order valence-corrected chi connectivity index (χ2v) is 7.94. The number of rotatable bonds is 6. The number of hydrogen-bond donors (Lipinski definition) is 0. The molecule has 0 fully saturated rings. The number of nitrogens with zero attached hydrogens (tertiary/aromatic N) is 5. The molecule has 0 bridgehead atoms. The maximum absolute atomic E-state index is 14.4. The largest absolute Gasteiger partial charge is 0.298 e. The molecule has 4 rings (SSSR count). The predicted octanol–water partition coefficient (Wildman–Crippen LogP) is 4.80. The van der Waals surface area contributed by atoms with Gasteiger partial charge in [-0.2, -0.15) is 10.2 Å². The Morgan fingerprint density at radius 1 is 0.935 bits per heavy atom. The van der Waals surface area contributed by atoms with E-state index in [9.17, 15) is 8.78 Å². The molecule has 0 aliphatic rings. The summed E-state index contributed by atoms with van der Waals surface area (Å²) in [4.78, 5) is 2.17. The van der Waals surface area contributed by atoms with Crippen LogP contribution in [0.4, 0.5) is 8.78 Å². The van der Waals surface area contributed by atoms with Crippen LogP contribution >= 0.6 is 0 Å². The van der Waals surface area contributed by atoms with Crippen molar-refractivity contribution in [2.75, 3.05) is 7.05 Å². The minimum Gasteiger partial charge on any atom is -0.298 e. The molecule has 0 N–H and O–H groups in total. The molecule has 0 spiro atoms. The molecule has 2 aromatic heterocycles. The maximum Gasteiger partial charge on any atom is 0.151 e. The molecule has 4 aromatic rings. The van der Waals surface area contributed by atoms with Gasteiger partial charge in [-0.15, -0.1) is 0 Å². The summed E-state index contributed by atoms with van der Waals surface area (Å²) in [7, 11) is 3.94. The summed E-state index contributed by atoms with van der Waals surface area (Å²) in [6.45, 7) is 5.36. The van der Waals surface area contributed by atoms with E-state index >= 15 is 0 Å². The number of hydrogen-bond acceptors (Lipinski definition) is 3. The molecule has 0 aliphatic carbocycles. The lowest BCUT2D eigenvalue weighted by Gasteiger charge is -2.16. The lowest BCUT2D eigenvalue weighted by atomic mass is 10.0. The first kappa shape index (κ1) is 20.9. The van der Waals surface area contributed by atoms with Crippen molar-refractivity contribution in [3.8, 4) is 16.9 Å². The zero-order valence-corrected chi connectivity index (χ0v) is 18.1. The summed E-state index contributed by atoms with van der Waals surface area (Å²) < 4.78 is 31.1. The second-order valence-electron chi connectivity index (χ2n) is 7.94. The van der Waals surface area contributed by atoms with Crippen molar-refractivity contribution in [3.05, 3.63) is 88.9 Å². The zero-order valence-electron chi connectivity index (χ0n) is 18.1. The average Bonchev–Trinajstić information content (AvgIpc) is 3.24. The first-order valence-corrected chi connectivity index (χ1v) is 10.1. The minimum absolute atomic E-state index is 0.216. The number of aryl methyl sites for hydroxylation is 3. The SMILES string of the molecule is Cc1ccccc1-c1nn(-c2ccc(F)cc2F)cc1CN(C)Cc1cn(C)nc1C. The fraction of sp³-hybridized carbons (Fsp3) is 0.250. The standard InChI is InChI=1S/C24H25F2N5/c1-16-7-5-6-8-21(16)24-19(13-29(3)12-18-14-30(4)27-17(18)2)15-31(28-24)23-10-9-20(25)11-22(23)26/h5-11,14-15H,12-13H2,1-4H3. The van der Waals surface area contributed by atoms with Gasteiger partial charge in [-0.05, 0) is 38.6 Å². The lowest BCUT2D eigenvalue weighted by Crippen LogP contribution is -2.17. The van der Waals surface area contributed by atoms with Crippen LogP contribution in [-0.4, -0.2) is 31.5 Å². The van der Waals surface area contributed by atoms with E-state index in [0.29, 0.717) is 6.54 Å². The fourth-order valence-corrected chi connectivity index (χ4v) is 3.82. The van der Waals surface area contributed by atoms with Crippen molar-refractivity contribution >= 4 is 0 Å². The lowest BCUT2D eigenvalue weighted by molar-refractivity contribution is 0.318. The molecule has 0 saturated heterocycles. The molecule has 2 heterocycles. The topological polar surface area (TPSA) is 38.9 Å². The van der Waals surface area contributed by atoms with Crippen molar-refractivity contribution < 1.29 is 8.78 Å². The molecular weight excluding hydrogens is 396 g/mol. The first-order valence-electron chi connectivity index (χ1n) is 10.1. The highest BCUT2D eigenvalue weighted by Crippen LogP contribution is 2.28. The molecular formula is C24H25F2N5. The van der Waals surface area contributed by atoms with Crippen LogP contribution in [0.15, 0.2) is 54.9 Å². The van der Waals surface area contributed by atoms with E-state index in [4.69, 9.17) is 5.10 Å². The molecule has 0 unspecified atom stereocenters. The molecule has 31 heavy (non-hydrogen) atoms.